The smallest absolute Gasteiger partial charge is 0.194 e. The average molecular weight is 325 g/mol. The Balaban J connectivity index is 2.10. The molecule has 0 spiro atoms. The summed E-state index contributed by atoms with van der Waals surface area (Å²) in [6.07, 6.45) is 0. The Bertz CT molecular complexity index is 805. The van der Waals surface area contributed by atoms with E-state index < -0.39 is 0 Å². The lowest BCUT2D eigenvalue weighted by atomic mass is 9.99. The number of halogens is 1. The van der Waals surface area contributed by atoms with E-state index in [4.69, 9.17) is 0 Å². The van der Waals surface area contributed by atoms with Crippen molar-refractivity contribution < 1.29 is 4.79 Å². The predicted octanol–water partition coefficient (Wildman–Crippen LogP) is 5.14. The van der Waals surface area contributed by atoms with Crippen molar-refractivity contribution in [2.45, 2.75) is 6.92 Å². The highest BCUT2D eigenvalue weighted by molar-refractivity contribution is 9.10. The van der Waals surface area contributed by atoms with Gasteiger partial charge in [0, 0.05) is 15.6 Å². The molecule has 3 rings (SSSR count). The highest BCUT2D eigenvalue weighted by Gasteiger charge is 2.13. The van der Waals surface area contributed by atoms with Gasteiger partial charge < -0.3 is 0 Å². The number of fused-ring (bicyclic) bond motifs is 1. The number of rotatable bonds is 2. The van der Waals surface area contributed by atoms with E-state index in [-0.39, 0.29) is 5.78 Å². The molecule has 0 fully saturated rings. The summed E-state index contributed by atoms with van der Waals surface area (Å²) in [5.74, 6) is 0.0475. The maximum atomic E-state index is 12.6. The van der Waals surface area contributed by atoms with E-state index in [0.29, 0.717) is 5.56 Å². The fraction of sp³-hybridized carbons (Fsp3) is 0.0556. The monoisotopic (exact) mass is 324 g/mol. The molecule has 2 heteroatoms. The van der Waals surface area contributed by atoms with Gasteiger partial charge in [-0.2, -0.15) is 0 Å². The molecule has 0 amide bonds. The van der Waals surface area contributed by atoms with Crippen LogP contribution < -0.4 is 0 Å². The van der Waals surface area contributed by atoms with Crippen LogP contribution in [0.5, 0.6) is 0 Å². The second kappa shape index (κ2) is 5.22. The Morgan fingerprint density at radius 2 is 1.65 bits per heavy atom. The van der Waals surface area contributed by atoms with Crippen molar-refractivity contribution in [3.8, 4) is 0 Å². The van der Waals surface area contributed by atoms with Crippen LogP contribution in [0.1, 0.15) is 21.5 Å². The first-order valence-corrected chi connectivity index (χ1v) is 7.24. The fourth-order valence-corrected chi connectivity index (χ4v) is 2.73. The molecule has 0 radical (unpaired) electrons. The average Bonchev–Trinajstić information content (AvgIpc) is 2.48. The summed E-state index contributed by atoms with van der Waals surface area (Å²) in [7, 11) is 0. The van der Waals surface area contributed by atoms with Crippen LogP contribution in [0.15, 0.2) is 65.1 Å². The topological polar surface area (TPSA) is 17.1 Å². The molecule has 0 N–H and O–H groups in total. The summed E-state index contributed by atoms with van der Waals surface area (Å²) >= 11 is 3.46. The number of carbonyl (C=O) groups is 1. The van der Waals surface area contributed by atoms with Gasteiger partial charge in [0.1, 0.15) is 0 Å². The number of ketones is 1. The van der Waals surface area contributed by atoms with Gasteiger partial charge >= 0.3 is 0 Å². The Labute approximate surface area is 126 Å². The van der Waals surface area contributed by atoms with Crippen molar-refractivity contribution in [3.63, 3.8) is 0 Å². The number of aryl methyl sites for hydroxylation is 1. The van der Waals surface area contributed by atoms with E-state index in [1.807, 2.05) is 67.6 Å². The van der Waals surface area contributed by atoms with Crippen LogP contribution in [0.3, 0.4) is 0 Å². The normalized spacial score (nSPS) is 10.7. The van der Waals surface area contributed by atoms with Crippen molar-refractivity contribution in [1.29, 1.82) is 0 Å². The van der Waals surface area contributed by atoms with E-state index in [1.165, 1.54) is 0 Å². The molecule has 0 atom stereocenters. The van der Waals surface area contributed by atoms with Crippen LogP contribution in [-0.4, -0.2) is 5.78 Å². The molecule has 0 aliphatic carbocycles. The van der Waals surface area contributed by atoms with E-state index >= 15 is 0 Å². The third kappa shape index (κ3) is 2.39. The lowest BCUT2D eigenvalue weighted by Crippen LogP contribution is -2.02. The molecule has 3 aromatic rings. The minimum atomic E-state index is 0.0475. The van der Waals surface area contributed by atoms with Crippen molar-refractivity contribution >= 4 is 32.5 Å². The summed E-state index contributed by atoms with van der Waals surface area (Å²) in [5, 5.41) is 2.23. The first-order chi connectivity index (χ1) is 9.65. The zero-order valence-corrected chi connectivity index (χ0v) is 12.6. The quantitative estimate of drug-likeness (QED) is 0.596. The number of hydrogen-bond acceptors (Lipinski definition) is 1. The lowest BCUT2D eigenvalue weighted by molar-refractivity contribution is 0.103. The largest absolute Gasteiger partial charge is 0.289 e. The van der Waals surface area contributed by atoms with Crippen LogP contribution in [0.2, 0.25) is 0 Å². The minimum Gasteiger partial charge on any atom is -0.289 e. The first kappa shape index (κ1) is 13.1. The van der Waals surface area contributed by atoms with Gasteiger partial charge in [-0.25, -0.2) is 0 Å². The highest BCUT2D eigenvalue weighted by Crippen LogP contribution is 2.23. The molecule has 3 aromatic carbocycles. The van der Waals surface area contributed by atoms with Gasteiger partial charge in [0.25, 0.3) is 0 Å². The van der Waals surface area contributed by atoms with Crippen LogP contribution in [0.4, 0.5) is 0 Å². The maximum absolute atomic E-state index is 12.6. The number of benzene rings is 3. The minimum absolute atomic E-state index is 0.0475. The highest BCUT2D eigenvalue weighted by atomic mass is 79.9. The van der Waals surface area contributed by atoms with Gasteiger partial charge in [0.15, 0.2) is 5.78 Å². The van der Waals surface area contributed by atoms with Crippen molar-refractivity contribution in [3.05, 3.63) is 81.8 Å². The molecule has 20 heavy (non-hydrogen) atoms. The third-order valence-corrected chi connectivity index (χ3v) is 4.07. The van der Waals surface area contributed by atoms with E-state index in [9.17, 15) is 4.79 Å². The van der Waals surface area contributed by atoms with Gasteiger partial charge in [0.05, 0.1) is 0 Å². The van der Waals surface area contributed by atoms with Gasteiger partial charge in [-0.3, -0.25) is 4.79 Å². The van der Waals surface area contributed by atoms with Crippen molar-refractivity contribution in [1.82, 2.24) is 0 Å². The SMILES string of the molecule is Cc1ccc(Br)c(C(=O)c2ccc3ccccc3c2)c1. The lowest BCUT2D eigenvalue weighted by Gasteiger charge is -2.06. The van der Waals surface area contributed by atoms with Gasteiger partial charge in [-0.15, -0.1) is 0 Å². The maximum Gasteiger partial charge on any atom is 0.194 e. The zero-order chi connectivity index (χ0) is 14.1. The Morgan fingerprint density at radius 3 is 2.45 bits per heavy atom. The molecular weight excluding hydrogens is 312 g/mol. The van der Waals surface area contributed by atoms with Gasteiger partial charge in [-0.1, -0.05) is 64.0 Å². The standard InChI is InChI=1S/C18H13BrO/c1-12-6-9-17(19)16(10-12)18(20)15-8-7-13-4-2-3-5-14(13)11-15/h2-11H,1H3. The summed E-state index contributed by atoms with van der Waals surface area (Å²) in [4.78, 5) is 12.6. The second-order valence-corrected chi connectivity index (χ2v) is 5.73. The Kier molecular flexibility index (Phi) is 3.41. The van der Waals surface area contributed by atoms with Crippen LogP contribution >= 0.6 is 15.9 Å². The molecule has 0 bridgehead atoms. The number of hydrogen-bond donors (Lipinski definition) is 0. The summed E-state index contributed by atoms with van der Waals surface area (Å²) in [5.41, 5.74) is 2.51. The first-order valence-electron chi connectivity index (χ1n) is 6.45. The molecule has 98 valence electrons. The third-order valence-electron chi connectivity index (χ3n) is 3.38. The molecular formula is C18H13BrO. The van der Waals surface area contributed by atoms with E-state index in [2.05, 4.69) is 15.9 Å². The zero-order valence-electron chi connectivity index (χ0n) is 11.1. The molecule has 0 unspecified atom stereocenters. The Morgan fingerprint density at radius 1 is 0.900 bits per heavy atom. The molecule has 0 heterocycles. The van der Waals surface area contributed by atoms with Gasteiger partial charge in [-0.05, 0) is 35.9 Å². The van der Waals surface area contributed by atoms with Crippen LogP contribution in [0.25, 0.3) is 10.8 Å². The van der Waals surface area contributed by atoms with E-state index in [0.717, 1.165) is 26.4 Å². The van der Waals surface area contributed by atoms with Gasteiger partial charge in [0.2, 0.25) is 0 Å². The fourth-order valence-electron chi connectivity index (χ4n) is 2.30. The van der Waals surface area contributed by atoms with Crippen LogP contribution in [-0.2, 0) is 0 Å². The molecule has 0 aliphatic rings. The molecule has 0 aromatic heterocycles. The summed E-state index contributed by atoms with van der Waals surface area (Å²) in [6.45, 7) is 1.99. The predicted molar refractivity (Wildman–Crippen MR) is 86.3 cm³/mol. The molecule has 0 saturated carbocycles. The van der Waals surface area contributed by atoms with E-state index in [1.54, 1.807) is 0 Å². The van der Waals surface area contributed by atoms with Crippen molar-refractivity contribution in [2.24, 2.45) is 0 Å². The summed E-state index contributed by atoms with van der Waals surface area (Å²) < 4.78 is 0.834. The molecule has 0 aliphatic heterocycles. The molecule has 0 saturated heterocycles. The molecule has 1 nitrogen and oxygen atoms in total. The van der Waals surface area contributed by atoms with Crippen molar-refractivity contribution in [2.75, 3.05) is 0 Å². The number of carbonyl (C=O) groups excluding carboxylic acids is 1. The second-order valence-electron chi connectivity index (χ2n) is 4.87. The summed E-state index contributed by atoms with van der Waals surface area (Å²) in [6, 6.07) is 19.7. The Hall–Kier alpha value is -1.93. The van der Waals surface area contributed by atoms with Crippen LogP contribution in [0, 0.1) is 6.92 Å².